The Bertz CT molecular complexity index is 368. The lowest BCUT2D eigenvalue weighted by atomic mass is 10.1. The molecule has 0 aromatic heterocycles. The number of halogens is 2. The quantitative estimate of drug-likeness (QED) is 0.794. The molecule has 1 aromatic rings. The summed E-state index contributed by atoms with van der Waals surface area (Å²) in [6, 6.07) is 7.80. The first-order valence-corrected chi connectivity index (χ1v) is 5.73. The van der Waals surface area contributed by atoms with Crippen molar-refractivity contribution in [2.45, 2.75) is 12.3 Å². The predicted molar refractivity (Wildman–Crippen MR) is 69.2 cm³/mol. The largest absolute Gasteiger partial charge is 0.393 e. The van der Waals surface area contributed by atoms with Crippen molar-refractivity contribution in [2.75, 3.05) is 20.1 Å². The molecule has 0 saturated heterocycles. The van der Waals surface area contributed by atoms with Crippen LogP contribution in [0, 0.1) is 0 Å². The van der Waals surface area contributed by atoms with Gasteiger partial charge in [-0.3, -0.25) is 4.90 Å². The lowest BCUT2D eigenvalue weighted by Crippen LogP contribution is -2.34. The second kappa shape index (κ2) is 6.02. The Hall–Kier alpha value is -1.07. The number of hydrogen-bond donors (Lipinski definition) is 1. The summed E-state index contributed by atoms with van der Waals surface area (Å²) < 4.78 is 27.7. The van der Waals surface area contributed by atoms with Crippen LogP contribution in [0.4, 0.5) is 8.78 Å². The Balaban J connectivity index is 2.57. The Labute approximate surface area is 105 Å². The fourth-order valence-electron chi connectivity index (χ4n) is 1.49. The van der Waals surface area contributed by atoms with E-state index in [2.05, 4.69) is 0 Å². The van der Waals surface area contributed by atoms with Gasteiger partial charge >= 0.3 is 0 Å². The van der Waals surface area contributed by atoms with Gasteiger partial charge in [-0.1, -0.05) is 42.5 Å². The topological polar surface area (TPSA) is 29.3 Å². The van der Waals surface area contributed by atoms with Gasteiger partial charge < -0.3 is 5.73 Å². The summed E-state index contributed by atoms with van der Waals surface area (Å²) in [6.45, 7) is 0.109. The van der Waals surface area contributed by atoms with Crippen LogP contribution in [0.3, 0.4) is 0 Å². The van der Waals surface area contributed by atoms with Crippen LogP contribution in [0.15, 0.2) is 30.3 Å². The zero-order valence-corrected chi connectivity index (χ0v) is 10.5. The molecule has 0 heterocycles. The Morgan fingerprint density at radius 3 is 2.47 bits per heavy atom. The van der Waals surface area contributed by atoms with E-state index in [4.69, 9.17) is 18.0 Å². The molecule has 0 unspecified atom stereocenters. The summed E-state index contributed by atoms with van der Waals surface area (Å²) in [5, 5.41) is 0. The number of nitrogens with zero attached hydrogens (tertiary/aromatic N) is 1. The number of rotatable bonds is 6. The van der Waals surface area contributed by atoms with Crippen molar-refractivity contribution in [3.63, 3.8) is 0 Å². The zero-order valence-electron chi connectivity index (χ0n) is 9.70. The van der Waals surface area contributed by atoms with E-state index in [0.29, 0.717) is 18.0 Å². The maximum Gasteiger partial charge on any atom is 0.285 e. The number of likely N-dealkylation sites (N-methyl/N-ethyl adjacent to an activating group) is 1. The van der Waals surface area contributed by atoms with Crippen molar-refractivity contribution in [1.82, 2.24) is 4.90 Å². The maximum atomic E-state index is 13.8. The fraction of sp³-hybridized carbons (Fsp3) is 0.417. The van der Waals surface area contributed by atoms with Crippen molar-refractivity contribution in [2.24, 2.45) is 5.73 Å². The lowest BCUT2D eigenvalue weighted by molar-refractivity contribution is -0.0316. The highest BCUT2D eigenvalue weighted by atomic mass is 32.1. The minimum atomic E-state index is -2.85. The third-order valence-electron chi connectivity index (χ3n) is 2.40. The van der Waals surface area contributed by atoms with Crippen LogP contribution in [0.5, 0.6) is 0 Å². The summed E-state index contributed by atoms with van der Waals surface area (Å²) in [6.07, 6.45) is 0.455. The molecule has 1 aromatic carbocycles. The SMILES string of the molecule is CN(CCC(N)=S)CC(F)(F)c1ccccc1. The normalized spacial score (nSPS) is 11.8. The van der Waals surface area contributed by atoms with Crippen LogP contribution in [0.25, 0.3) is 0 Å². The summed E-state index contributed by atoms with van der Waals surface area (Å²) in [5.41, 5.74) is 5.36. The number of alkyl halides is 2. The first kappa shape index (κ1) is 14.0. The van der Waals surface area contributed by atoms with Crippen molar-refractivity contribution in [1.29, 1.82) is 0 Å². The molecule has 0 amide bonds. The summed E-state index contributed by atoms with van der Waals surface area (Å²) in [7, 11) is 1.63. The zero-order chi connectivity index (χ0) is 12.9. The first-order valence-electron chi connectivity index (χ1n) is 5.32. The third kappa shape index (κ3) is 4.75. The molecular weight excluding hydrogens is 242 g/mol. The Kier molecular flexibility index (Phi) is 4.96. The first-order chi connectivity index (χ1) is 7.92. The van der Waals surface area contributed by atoms with Gasteiger partial charge in [0.2, 0.25) is 0 Å². The van der Waals surface area contributed by atoms with E-state index in [1.165, 1.54) is 17.0 Å². The molecule has 2 N–H and O–H groups in total. The van der Waals surface area contributed by atoms with Gasteiger partial charge in [-0.2, -0.15) is 8.78 Å². The highest BCUT2D eigenvalue weighted by Crippen LogP contribution is 2.28. The van der Waals surface area contributed by atoms with Crippen molar-refractivity contribution < 1.29 is 8.78 Å². The molecule has 0 atom stereocenters. The average molecular weight is 258 g/mol. The molecule has 0 aliphatic carbocycles. The molecule has 2 nitrogen and oxygen atoms in total. The molecule has 1 rings (SSSR count). The van der Waals surface area contributed by atoms with Crippen LogP contribution in [0.1, 0.15) is 12.0 Å². The number of benzene rings is 1. The molecule has 0 bridgehead atoms. The van der Waals surface area contributed by atoms with Gasteiger partial charge in [-0.05, 0) is 7.05 Å². The van der Waals surface area contributed by atoms with E-state index in [1.54, 1.807) is 25.2 Å². The molecule has 17 heavy (non-hydrogen) atoms. The molecular formula is C12H16F2N2S. The minimum Gasteiger partial charge on any atom is -0.393 e. The van der Waals surface area contributed by atoms with E-state index < -0.39 is 5.92 Å². The van der Waals surface area contributed by atoms with Crippen LogP contribution in [-0.2, 0) is 5.92 Å². The molecule has 5 heteroatoms. The molecule has 0 spiro atoms. The van der Waals surface area contributed by atoms with Gasteiger partial charge in [-0.25, -0.2) is 0 Å². The maximum absolute atomic E-state index is 13.8. The van der Waals surface area contributed by atoms with E-state index >= 15 is 0 Å². The Morgan fingerprint density at radius 2 is 1.94 bits per heavy atom. The second-order valence-corrected chi connectivity index (χ2v) is 4.55. The highest BCUT2D eigenvalue weighted by molar-refractivity contribution is 7.80. The molecule has 0 fully saturated rings. The van der Waals surface area contributed by atoms with Crippen LogP contribution < -0.4 is 5.73 Å². The summed E-state index contributed by atoms with van der Waals surface area (Å²) in [4.78, 5) is 1.88. The van der Waals surface area contributed by atoms with Crippen LogP contribution in [0.2, 0.25) is 0 Å². The standard InChI is InChI=1S/C12H16F2N2S/c1-16(8-7-11(15)17)9-12(13,14)10-5-3-2-4-6-10/h2-6H,7-9H2,1H3,(H2,15,17). The molecule has 0 aliphatic rings. The van der Waals surface area contributed by atoms with E-state index in [9.17, 15) is 8.78 Å². The molecule has 0 aliphatic heterocycles. The van der Waals surface area contributed by atoms with Crippen molar-refractivity contribution in [3.05, 3.63) is 35.9 Å². The van der Waals surface area contributed by atoms with Gasteiger partial charge in [0.15, 0.2) is 0 Å². The number of nitrogens with two attached hydrogens (primary N) is 1. The average Bonchev–Trinajstić information content (AvgIpc) is 2.27. The monoisotopic (exact) mass is 258 g/mol. The van der Waals surface area contributed by atoms with Gasteiger partial charge in [0.25, 0.3) is 5.92 Å². The van der Waals surface area contributed by atoms with Gasteiger partial charge in [0.05, 0.1) is 11.5 Å². The van der Waals surface area contributed by atoms with Gasteiger partial charge in [-0.15, -0.1) is 0 Å². The smallest absolute Gasteiger partial charge is 0.285 e. The number of hydrogen-bond acceptors (Lipinski definition) is 2. The highest BCUT2D eigenvalue weighted by Gasteiger charge is 2.32. The van der Waals surface area contributed by atoms with Gasteiger partial charge in [0.1, 0.15) is 0 Å². The summed E-state index contributed by atoms with van der Waals surface area (Å²) in [5.74, 6) is -2.85. The van der Waals surface area contributed by atoms with E-state index in [0.717, 1.165) is 0 Å². The van der Waals surface area contributed by atoms with Gasteiger partial charge in [0, 0.05) is 18.5 Å². The fourth-order valence-corrected chi connectivity index (χ4v) is 1.58. The summed E-state index contributed by atoms with van der Waals surface area (Å²) >= 11 is 4.71. The van der Waals surface area contributed by atoms with Crippen molar-refractivity contribution >= 4 is 17.2 Å². The second-order valence-electron chi connectivity index (χ2n) is 4.02. The minimum absolute atomic E-state index is 0.0298. The molecule has 0 radical (unpaired) electrons. The molecule has 0 saturated carbocycles. The molecule has 94 valence electrons. The third-order valence-corrected chi connectivity index (χ3v) is 2.61. The lowest BCUT2D eigenvalue weighted by Gasteiger charge is -2.23. The number of thiocarbonyl (C=S) groups is 1. The van der Waals surface area contributed by atoms with Crippen LogP contribution in [-0.4, -0.2) is 30.0 Å². The Morgan fingerprint density at radius 1 is 1.35 bits per heavy atom. The van der Waals surface area contributed by atoms with E-state index in [1.807, 2.05) is 0 Å². The van der Waals surface area contributed by atoms with Crippen LogP contribution >= 0.6 is 12.2 Å². The predicted octanol–water partition coefficient (Wildman–Crippen LogP) is 2.39. The van der Waals surface area contributed by atoms with Crippen molar-refractivity contribution in [3.8, 4) is 0 Å². The van der Waals surface area contributed by atoms with E-state index in [-0.39, 0.29) is 12.1 Å².